The molecule has 0 saturated carbocycles. The molecule has 0 saturated heterocycles. The van der Waals surface area contributed by atoms with E-state index in [-0.39, 0.29) is 5.76 Å². The van der Waals surface area contributed by atoms with Crippen molar-refractivity contribution in [3.63, 3.8) is 0 Å². The molecule has 11 heavy (non-hydrogen) atoms. The largest absolute Gasteiger partial charge is 0.509 e. The second kappa shape index (κ2) is 2.36. The third-order valence-corrected chi connectivity index (χ3v) is 1.89. The predicted molar refractivity (Wildman–Crippen MR) is 41.1 cm³/mol. The minimum Gasteiger partial charge on any atom is -0.509 e. The normalized spacial score (nSPS) is 38.0. The molecule has 2 atom stereocenters. The first kappa shape index (κ1) is 8.30. The van der Waals surface area contributed by atoms with Crippen LogP contribution in [0, 0.1) is 0 Å². The second-order valence-electron chi connectivity index (χ2n) is 3.03. The molecule has 2 unspecified atom stereocenters. The summed E-state index contributed by atoms with van der Waals surface area (Å²) in [5.74, 6) is -0.155. The summed E-state index contributed by atoms with van der Waals surface area (Å²) in [4.78, 5) is 0. The Morgan fingerprint density at radius 1 is 1.55 bits per heavy atom. The number of hydrogen-bond donors (Lipinski definition) is 3. The van der Waals surface area contributed by atoms with Crippen molar-refractivity contribution < 1.29 is 15.3 Å². The van der Waals surface area contributed by atoms with Crippen molar-refractivity contribution in [3.8, 4) is 0 Å². The van der Waals surface area contributed by atoms with Crippen LogP contribution in [0.5, 0.6) is 0 Å². The Morgan fingerprint density at radius 2 is 2.09 bits per heavy atom. The summed E-state index contributed by atoms with van der Waals surface area (Å²) in [6, 6.07) is 0. The van der Waals surface area contributed by atoms with Crippen LogP contribution in [0.2, 0.25) is 0 Å². The highest BCUT2D eigenvalue weighted by Gasteiger charge is 2.33. The minimum absolute atomic E-state index is 0.155. The maximum atomic E-state index is 9.40. The Hall–Kier alpha value is -0.800. The monoisotopic (exact) mass is 156 g/mol. The molecule has 0 spiro atoms. The molecule has 0 aromatic heterocycles. The topological polar surface area (TPSA) is 60.7 Å². The highest BCUT2D eigenvalue weighted by Crippen LogP contribution is 2.25. The van der Waals surface area contributed by atoms with Gasteiger partial charge in [0.1, 0.15) is 17.5 Å². The van der Waals surface area contributed by atoms with Crippen molar-refractivity contribution in [3.05, 3.63) is 23.5 Å². The van der Waals surface area contributed by atoms with E-state index in [0.29, 0.717) is 5.57 Å². The summed E-state index contributed by atoms with van der Waals surface area (Å²) in [6.07, 6.45) is 1.85. The van der Waals surface area contributed by atoms with Gasteiger partial charge in [0.15, 0.2) is 0 Å². The maximum absolute atomic E-state index is 9.40. The first-order chi connectivity index (χ1) is 4.95. The molecule has 0 bridgehead atoms. The Bertz CT molecular complexity index is 225. The van der Waals surface area contributed by atoms with Gasteiger partial charge < -0.3 is 15.3 Å². The summed E-state index contributed by atoms with van der Waals surface area (Å²) < 4.78 is 0. The van der Waals surface area contributed by atoms with E-state index >= 15 is 0 Å². The average Bonchev–Trinajstić information content (AvgIpc) is 1.95. The van der Waals surface area contributed by atoms with Crippen LogP contribution in [-0.2, 0) is 0 Å². The van der Waals surface area contributed by atoms with Gasteiger partial charge in [0.2, 0.25) is 0 Å². The molecule has 0 radical (unpaired) electrons. The van der Waals surface area contributed by atoms with Gasteiger partial charge in [-0.1, -0.05) is 6.08 Å². The fourth-order valence-electron chi connectivity index (χ4n) is 0.963. The van der Waals surface area contributed by atoms with E-state index < -0.39 is 11.7 Å². The third-order valence-electron chi connectivity index (χ3n) is 1.89. The van der Waals surface area contributed by atoms with E-state index in [2.05, 4.69) is 0 Å². The second-order valence-corrected chi connectivity index (χ2v) is 3.03. The van der Waals surface area contributed by atoms with Gasteiger partial charge in [-0.2, -0.15) is 0 Å². The van der Waals surface area contributed by atoms with Crippen molar-refractivity contribution in [2.75, 3.05) is 0 Å². The summed E-state index contributed by atoms with van der Waals surface area (Å²) in [5, 5.41) is 27.9. The van der Waals surface area contributed by atoms with Crippen LogP contribution in [0.1, 0.15) is 13.8 Å². The SMILES string of the molecule is CC1=C(O)C(O)C(C)(O)C=C1. The van der Waals surface area contributed by atoms with Crippen LogP contribution >= 0.6 is 0 Å². The summed E-state index contributed by atoms with van der Waals surface area (Å²) in [5.41, 5.74) is -0.757. The number of aliphatic hydroxyl groups excluding tert-OH is 2. The quantitative estimate of drug-likeness (QED) is 0.478. The molecule has 3 N–H and O–H groups in total. The average molecular weight is 156 g/mol. The fourth-order valence-corrected chi connectivity index (χ4v) is 0.963. The fraction of sp³-hybridized carbons (Fsp3) is 0.500. The van der Waals surface area contributed by atoms with Crippen LogP contribution in [0.3, 0.4) is 0 Å². The molecule has 0 aromatic carbocycles. The van der Waals surface area contributed by atoms with E-state index in [1.54, 1.807) is 13.0 Å². The summed E-state index contributed by atoms with van der Waals surface area (Å²) >= 11 is 0. The van der Waals surface area contributed by atoms with Crippen LogP contribution < -0.4 is 0 Å². The first-order valence-electron chi connectivity index (χ1n) is 3.44. The van der Waals surface area contributed by atoms with Crippen molar-refractivity contribution in [1.82, 2.24) is 0 Å². The van der Waals surface area contributed by atoms with E-state index in [9.17, 15) is 15.3 Å². The van der Waals surface area contributed by atoms with E-state index in [0.717, 1.165) is 0 Å². The highest BCUT2D eigenvalue weighted by molar-refractivity contribution is 5.32. The van der Waals surface area contributed by atoms with Gasteiger partial charge in [0.05, 0.1) is 0 Å². The van der Waals surface area contributed by atoms with Crippen LogP contribution in [0.15, 0.2) is 23.5 Å². The molecule has 1 aliphatic carbocycles. The van der Waals surface area contributed by atoms with Crippen LogP contribution in [0.25, 0.3) is 0 Å². The number of rotatable bonds is 0. The van der Waals surface area contributed by atoms with Crippen molar-refractivity contribution in [2.45, 2.75) is 25.6 Å². The Kier molecular flexibility index (Phi) is 1.78. The van der Waals surface area contributed by atoms with Crippen molar-refractivity contribution in [1.29, 1.82) is 0 Å². The molecule has 0 aliphatic heterocycles. The van der Waals surface area contributed by atoms with Crippen LogP contribution in [-0.4, -0.2) is 27.0 Å². The standard InChI is InChI=1S/C8H12O3/c1-5-3-4-8(2,11)7(10)6(5)9/h3-4,7,9-11H,1-2H3. The molecular weight excluding hydrogens is 144 g/mol. The van der Waals surface area contributed by atoms with E-state index in [1.165, 1.54) is 13.0 Å². The molecular formula is C8H12O3. The number of aliphatic hydroxyl groups is 3. The zero-order valence-electron chi connectivity index (χ0n) is 6.57. The first-order valence-corrected chi connectivity index (χ1v) is 3.44. The molecule has 1 aliphatic rings. The lowest BCUT2D eigenvalue weighted by Gasteiger charge is -2.28. The Balaban J connectivity index is 3.01. The molecule has 0 fully saturated rings. The molecule has 0 amide bonds. The maximum Gasteiger partial charge on any atom is 0.143 e. The predicted octanol–water partition coefficient (Wildman–Crippen LogP) is 0.500. The molecule has 62 valence electrons. The Labute approximate surface area is 65.3 Å². The van der Waals surface area contributed by atoms with Crippen molar-refractivity contribution >= 4 is 0 Å². The van der Waals surface area contributed by atoms with Crippen LogP contribution in [0.4, 0.5) is 0 Å². The molecule has 3 heteroatoms. The van der Waals surface area contributed by atoms with Gasteiger partial charge in [-0.15, -0.1) is 0 Å². The third kappa shape index (κ3) is 1.29. The Morgan fingerprint density at radius 3 is 2.55 bits per heavy atom. The zero-order valence-corrected chi connectivity index (χ0v) is 6.57. The lowest BCUT2D eigenvalue weighted by atomic mass is 9.90. The molecule has 1 rings (SSSR count). The van der Waals surface area contributed by atoms with Gasteiger partial charge in [0.25, 0.3) is 0 Å². The van der Waals surface area contributed by atoms with E-state index in [4.69, 9.17) is 0 Å². The summed E-state index contributed by atoms with van der Waals surface area (Å²) in [7, 11) is 0. The van der Waals surface area contributed by atoms with Gasteiger partial charge in [-0.3, -0.25) is 0 Å². The van der Waals surface area contributed by atoms with Gasteiger partial charge in [-0.25, -0.2) is 0 Å². The molecule has 0 heterocycles. The highest BCUT2D eigenvalue weighted by atomic mass is 16.4. The lowest BCUT2D eigenvalue weighted by molar-refractivity contribution is -0.0278. The lowest BCUT2D eigenvalue weighted by Crippen LogP contribution is -2.40. The zero-order chi connectivity index (χ0) is 8.65. The minimum atomic E-state index is -1.34. The molecule has 3 nitrogen and oxygen atoms in total. The molecule has 0 aromatic rings. The van der Waals surface area contributed by atoms with E-state index in [1.807, 2.05) is 0 Å². The number of allylic oxidation sites excluding steroid dienone is 2. The van der Waals surface area contributed by atoms with Gasteiger partial charge >= 0.3 is 0 Å². The van der Waals surface area contributed by atoms with Crippen molar-refractivity contribution in [2.24, 2.45) is 0 Å². The van der Waals surface area contributed by atoms with Gasteiger partial charge in [0, 0.05) is 0 Å². The number of hydrogen-bond acceptors (Lipinski definition) is 3. The van der Waals surface area contributed by atoms with Gasteiger partial charge in [-0.05, 0) is 25.5 Å². The smallest absolute Gasteiger partial charge is 0.143 e. The summed E-state index contributed by atoms with van der Waals surface area (Å²) in [6.45, 7) is 3.11.